The summed E-state index contributed by atoms with van der Waals surface area (Å²) in [6, 6.07) is 11.9. The van der Waals surface area contributed by atoms with Crippen LogP contribution >= 0.6 is 15.9 Å². The van der Waals surface area contributed by atoms with Crippen molar-refractivity contribution in [2.45, 2.75) is 13.0 Å². The van der Waals surface area contributed by atoms with E-state index in [1.165, 1.54) is 0 Å². The third kappa shape index (κ3) is 2.33. The molecule has 0 bridgehead atoms. The van der Waals surface area contributed by atoms with E-state index in [0.717, 1.165) is 33.5 Å². The van der Waals surface area contributed by atoms with Crippen LogP contribution in [-0.4, -0.2) is 6.54 Å². The molecule has 4 heteroatoms. The molecule has 3 rings (SSSR count). The van der Waals surface area contributed by atoms with Crippen molar-refractivity contribution in [3.63, 3.8) is 0 Å². The average Bonchev–Trinajstić information content (AvgIpc) is 3.02. The number of fused-ring (bicyclic) bond motifs is 1. The zero-order chi connectivity index (χ0) is 13.2. The first-order chi connectivity index (χ1) is 9.29. The van der Waals surface area contributed by atoms with E-state index < -0.39 is 0 Å². The maximum atomic E-state index is 5.92. The van der Waals surface area contributed by atoms with Crippen LogP contribution in [0.5, 0.6) is 0 Å². The third-order valence-corrected chi connectivity index (χ3v) is 3.70. The van der Waals surface area contributed by atoms with E-state index >= 15 is 0 Å². The third-order valence-electron chi connectivity index (χ3n) is 3.04. The van der Waals surface area contributed by atoms with Gasteiger partial charge in [0, 0.05) is 5.39 Å². The van der Waals surface area contributed by atoms with Crippen molar-refractivity contribution >= 4 is 26.9 Å². The van der Waals surface area contributed by atoms with Crippen molar-refractivity contribution in [1.82, 2.24) is 5.32 Å². The van der Waals surface area contributed by atoms with E-state index in [2.05, 4.69) is 34.2 Å². The molecular weight excluding hydrogens is 306 g/mol. The van der Waals surface area contributed by atoms with E-state index in [0.29, 0.717) is 0 Å². The second-order valence-electron chi connectivity index (χ2n) is 4.31. The van der Waals surface area contributed by atoms with Gasteiger partial charge in [0.1, 0.15) is 23.1 Å². The highest BCUT2D eigenvalue weighted by molar-refractivity contribution is 9.10. The molecule has 0 aliphatic rings. The lowest BCUT2D eigenvalue weighted by Gasteiger charge is -2.13. The SMILES string of the molecule is CCNC(c1cc2ccccc2o1)c1occc1Br. The van der Waals surface area contributed by atoms with E-state index in [4.69, 9.17) is 8.83 Å². The van der Waals surface area contributed by atoms with E-state index in [-0.39, 0.29) is 6.04 Å². The highest BCUT2D eigenvalue weighted by Gasteiger charge is 2.22. The van der Waals surface area contributed by atoms with Crippen LogP contribution in [0.15, 0.2) is 56.0 Å². The van der Waals surface area contributed by atoms with E-state index in [1.54, 1.807) is 6.26 Å². The summed E-state index contributed by atoms with van der Waals surface area (Å²) in [4.78, 5) is 0. The first kappa shape index (κ1) is 12.5. The largest absolute Gasteiger partial charge is 0.466 e. The Morgan fingerprint density at radius 3 is 2.79 bits per heavy atom. The van der Waals surface area contributed by atoms with Gasteiger partial charge in [0.15, 0.2) is 0 Å². The Bertz CT molecular complexity index is 653. The summed E-state index contributed by atoms with van der Waals surface area (Å²) in [6.07, 6.45) is 1.67. The van der Waals surface area contributed by atoms with Crippen molar-refractivity contribution in [3.8, 4) is 0 Å². The van der Waals surface area contributed by atoms with Gasteiger partial charge < -0.3 is 14.2 Å². The number of hydrogen-bond donors (Lipinski definition) is 1. The number of benzene rings is 1. The summed E-state index contributed by atoms with van der Waals surface area (Å²) in [7, 11) is 0. The lowest BCUT2D eigenvalue weighted by atomic mass is 10.1. The number of halogens is 1. The molecule has 1 aromatic carbocycles. The standard InChI is InChI=1S/C15H14BrNO2/c1-2-17-14(15-11(16)7-8-18-15)13-9-10-5-3-4-6-12(10)19-13/h3-9,14,17H,2H2,1H3. The smallest absolute Gasteiger partial charge is 0.142 e. The predicted octanol–water partition coefficient (Wildman–Crippen LogP) is 4.49. The normalized spacial score (nSPS) is 12.9. The molecule has 0 radical (unpaired) electrons. The first-order valence-electron chi connectivity index (χ1n) is 6.24. The van der Waals surface area contributed by atoms with Crippen molar-refractivity contribution in [2.24, 2.45) is 0 Å². The van der Waals surface area contributed by atoms with Crippen LogP contribution in [0.25, 0.3) is 11.0 Å². The second-order valence-corrected chi connectivity index (χ2v) is 5.16. The monoisotopic (exact) mass is 319 g/mol. The number of rotatable bonds is 4. The van der Waals surface area contributed by atoms with Gasteiger partial charge >= 0.3 is 0 Å². The maximum Gasteiger partial charge on any atom is 0.142 e. The maximum absolute atomic E-state index is 5.92. The molecule has 0 amide bonds. The molecule has 0 saturated carbocycles. The molecule has 1 N–H and O–H groups in total. The number of nitrogens with one attached hydrogen (secondary N) is 1. The van der Waals surface area contributed by atoms with Crippen molar-refractivity contribution in [2.75, 3.05) is 6.54 Å². The topological polar surface area (TPSA) is 38.3 Å². The average molecular weight is 320 g/mol. The van der Waals surface area contributed by atoms with Crippen LogP contribution in [0.3, 0.4) is 0 Å². The van der Waals surface area contributed by atoms with E-state index in [1.807, 2.05) is 30.3 Å². The molecule has 3 aromatic rings. The van der Waals surface area contributed by atoms with Crippen LogP contribution in [0.2, 0.25) is 0 Å². The Hall–Kier alpha value is -1.52. The van der Waals surface area contributed by atoms with Gasteiger partial charge in [-0.2, -0.15) is 0 Å². The van der Waals surface area contributed by atoms with Crippen LogP contribution in [0.1, 0.15) is 24.5 Å². The molecule has 0 saturated heterocycles. The molecule has 2 aromatic heterocycles. The first-order valence-corrected chi connectivity index (χ1v) is 7.03. The Balaban J connectivity index is 2.07. The van der Waals surface area contributed by atoms with Crippen LogP contribution in [-0.2, 0) is 0 Å². The zero-order valence-electron chi connectivity index (χ0n) is 10.5. The lowest BCUT2D eigenvalue weighted by molar-refractivity contribution is 0.402. The Morgan fingerprint density at radius 1 is 1.26 bits per heavy atom. The van der Waals surface area contributed by atoms with Crippen LogP contribution in [0, 0.1) is 0 Å². The van der Waals surface area contributed by atoms with Gasteiger partial charge in [-0.15, -0.1) is 0 Å². The van der Waals surface area contributed by atoms with Gasteiger partial charge in [-0.25, -0.2) is 0 Å². The zero-order valence-corrected chi connectivity index (χ0v) is 12.1. The van der Waals surface area contributed by atoms with Gasteiger partial charge in [0.05, 0.1) is 10.7 Å². The summed E-state index contributed by atoms with van der Waals surface area (Å²) < 4.78 is 12.4. The second kappa shape index (κ2) is 5.23. The van der Waals surface area contributed by atoms with Crippen molar-refractivity contribution in [3.05, 3.63) is 58.7 Å². The fourth-order valence-electron chi connectivity index (χ4n) is 2.18. The highest BCUT2D eigenvalue weighted by Crippen LogP contribution is 2.32. The molecule has 3 nitrogen and oxygen atoms in total. The van der Waals surface area contributed by atoms with Gasteiger partial charge in [-0.1, -0.05) is 25.1 Å². The van der Waals surface area contributed by atoms with Crippen LogP contribution in [0.4, 0.5) is 0 Å². The summed E-state index contributed by atoms with van der Waals surface area (Å²) in [6.45, 7) is 2.89. The predicted molar refractivity (Wildman–Crippen MR) is 78.1 cm³/mol. The summed E-state index contributed by atoms with van der Waals surface area (Å²) >= 11 is 3.50. The minimum atomic E-state index is -0.0817. The fraction of sp³-hybridized carbons (Fsp3) is 0.200. The van der Waals surface area contributed by atoms with E-state index in [9.17, 15) is 0 Å². The molecule has 1 atom stereocenters. The van der Waals surface area contributed by atoms with Crippen molar-refractivity contribution < 1.29 is 8.83 Å². The molecule has 0 aliphatic heterocycles. The number of para-hydroxylation sites is 1. The Morgan fingerprint density at radius 2 is 2.11 bits per heavy atom. The summed E-state index contributed by atoms with van der Waals surface area (Å²) in [5.41, 5.74) is 0.892. The molecule has 1 unspecified atom stereocenters. The number of furan rings is 2. The fourth-order valence-corrected chi connectivity index (χ4v) is 2.61. The molecule has 0 spiro atoms. The quantitative estimate of drug-likeness (QED) is 0.770. The van der Waals surface area contributed by atoms with Crippen LogP contribution < -0.4 is 5.32 Å². The number of hydrogen-bond acceptors (Lipinski definition) is 3. The highest BCUT2D eigenvalue weighted by atomic mass is 79.9. The minimum Gasteiger partial charge on any atom is -0.466 e. The Labute approximate surface area is 119 Å². The van der Waals surface area contributed by atoms with Gasteiger partial charge in [0.25, 0.3) is 0 Å². The summed E-state index contributed by atoms with van der Waals surface area (Å²) in [5, 5.41) is 4.49. The molecule has 19 heavy (non-hydrogen) atoms. The Kier molecular flexibility index (Phi) is 3.44. The molecule has 2 heterocycles. The van der Waals surface area contributed by atoms with Gasteiger partial charge in [0.2, 0.25) is 0 Å². The summed E-state index contributed by atoms with van der Waals surface area (Å²) in [5.74, 6) is 1.69. The molecular formula is C15H14BrNO2. The molecule has 0 fully saturated rings. The van der Waals surface area contributed by atoms with Gasteiger partial charge in [-0.05, 0) is 40.7 Å². The molecule has 98 valence electrons. The van der Waals surface area contributed by atoms with Gasteiger partial charge in [-0.3, -0.25) is 0 Å². The molecule has 0 aliphatic carbocycles. The minimum absolute atomic E-state index is 0.0817. The lowest BCUT2D eigenvalue weighted by Crippen LogP contribution is -2.21. The van der Waals surface area contributed by atoms with Crippen molar-refractivity contribution in [1.29, 1.82) is 0 Å².